The molecule has 0 aliphatic heterocycles. The van der Waals surface area contributed by atoms with Crippen molar-refractivity contribution in [2.75, 3.05) is 5.75 Å². The monoisotopic (exact) mass is 194 g/mol. The number of carboxylic acids is 1. The lowest BCUT2D eigenvalue weighted by atomic mass is 10.2. The van der Waals surface area contributed by atoms with Crippen LogP contribution in [0.4, 0.5) is 0 Å². The van der Waals surface area contributed by atoms with E-state index in [4.69, 9.17) is 16.7 Å². The molecule has 2 nitrogen and oxygen atoms in total. The van der Waals surface area contributed by atoms with Crippen molar-refractivity contribution in [3.05, 3.63) is 11.6 Å². The quantitative estimate of drug-likeness (QED) is 0.747. The van der Waals surface area contributed by atoms with Gasteiger partial charge in [-0.05, 0) is 13.8 Å². The molecule has 0 radical (unpaired) electrons. The molecule has 0 amide bonds. The molecule has 0 heterocycles. The summed E-state index contributed by atoms with van der Waals surface area (Å²) in [6.07, 6.45) is 0. The summed E-state index contributed by atoms with van der Waals surface area (Å²) in [5, 5.41) is 9.14. The SMILES string of the molecule is C=C(Cl)CSC(C)(C)C(=O)O. The predicted octanol–water partition coefficient (Wildman–Crippen LogP) is 2.34. The molecule has 11 heavy (non-hydrogen) atoms. The van der Waals surface area contributed by atoms with Gasteiger partial charge in [0, 0.05) is 10.8 Å². The Kier molecular flexibility index (Phi) is 3.97. The minimum absolute atomic E-state index is 0.473. The average molecular weight is 195 g/mol. The molecular formula is C7H11ClO2S. The van der Waals surface area contributed by atoms with Crippen molar-refractivity contribution < 1.29 is 9.90 Å². The minimum atomic E-state index is -0.833. The van der Waals surface area contributed by atoms with Crippen LogP contribution in [-0.4, -0.2) is 21.6 Å². The zero-order chi connectivity index (χ0) is 9.07. The van der Waals surface area contributed by atoms with E-state index in [2.05, 4.69) is 6.58 Å². The highest BCUT2D eigenvalue weighted by molar-refractivity contribution is 8.01. The molecule has 0 aromatic rings. The smallest absolute Gasteiger partial charge is 0.319 e. The average Bonchev–Trinajstić information content (AvgIpc) is 1.84. The summed E-state index contributed by atoms with van der Waals surface area (Å²) in [7, 11) is 0. The zero-order valence-corrected chi connectivity index (χ0v) is 8.13. The largest absolute Gasteiger partial charge is 0.480 e. The van der Waals surface area contributed by atoms with Crippen LogP contribution in [0.25, 0.3) is 0 Å². The van der Waals surface area contributed by atoms with Crippen molar-refractivity contribution in [2.24, 2.45) is 0 Å². The van der Waals surface area contributed by atoms with Crippen LogP contribution in [-0.2, 0) is 4.79 Å². The van der Waals surface area contributed by atoms with Crippen LogP contribution < -0.4 is 0 Å². The second-order valence-electron chi connectivity index (χ2n) is 2.62. The Hall–Kier alpha value is -0.150. The van der Waals surface area contributed by atoms with Crippen molar-refractivity contribution in [3.63, 3.8) is 0 Å². The van der Waals surface area contributed by atoms with E-state index >= 15 is 0 Å². The Morgan fingerprint density at radius 2 is 2.18 bits per heavy atom. The molecule has 0 unspecified atom stereocenters. The van der Waals surface area contributed by atoms with Crippen molar-refractivity contribution in [3.8, 4) is 0 Å². The third kappa shape index (κ3) is 4.32. The third-order valence-electron chi connectivity index (χ3n) is 1.10. The second kappa shape index (κ2) is 4.02. The minimum Gasteiger partial charge on any atom is -0.480 e. The molecular weight excluding hydrogens is 184 g/mol. The van der Waals surface area contributed by atoms with E-state index in [-0.39, 0.29) is 0 Å². The van der Waals surface area contributed by atoms with Crippen molar-refractivity contribution in [1.29, 1.82) is 0 Å². The normalized spacial score (nSPS) is 11.2. The van der Waals surface area contributed by atoms with Crippen LogP contribution in [0, 0.1) is 0 Å². The number of aliphatic carboxylic acids is 1. The van der Waals surface area contributed by atoms with Gasteiger partial charge < -0.3 is 5.11 Å². The van der Waals surface area contributed by atoms with Gasteiger partial charge in [0.05, 0.1) is 0 Å². The molecule has 0 fully saturated rings. The van der Waals surface area contributed by atoms with Crippen LogP contribution in [0.2, 0.25) is 0 Å². The first-order valence-electron chi connectivity index (χ1n) is 3.07. The number of halogens is 1. The van der Waals surface area contributed by atoms with Gasteiger partial charge >= 0.3 is 5.97 Å². The topological polar surface area (TPSA) is 37.3 Å². The Balaban J connectivity index is 3.92. The summed E-state index contributed by atoms with van der Waals surface area (Å²) in [6, 6.07) is 0. The van der Waals surface area contributed by atoms with Gasteiger partial charge in [-0.25, -0.2) is 0 Å². The zero-order valence-electron chi connectivity index (χ0n) is 6.56. The number of hydrogen-bond donors (Lipinski definition) is 1. The molecule has 0 saturated heterocycles. The van der Waals surface area contributed by atoms with E-state index in [0.29, 0.717) is 10.8 Å². The Bertz CT molecular complexity index is 177. The van der Waals surface area contributed by atoms with E-state index in [9.17, 15) is 4.79 Å². The predicted molar refractivity (Wildman–Crippen MR) is 49.2 cm³/mol. The molecule has 0 aliphatic rings. The first-order chi connectivity index (χ1) is 4.86. The van der Waals surface area contributed by atoms with E-state index in [1.54, 1.807) is 13.8 Å². The van der Waals surface area contributed by atoms with Crippen LogP contribution in [0.15, 0.2) is 11.6 Å². The van der Waals surface area contributed by atoms with Gasteiger partial charge in [-0.3, -0.25) is 4.79 Å². The molecule has 0 saturated carbocycles. The van der Waals surface area contributed by atoms with Gasteiger partial charge in [0.1, 0.15) is 4.75 Å². The first-order valence-corrected chi connectivity index (χ1v) is 4.43. The summed E-state index contributed by atoms with van der Waals surface area (Å²) in [5.41, 5.74) is 0. The Morgan fingerprint density at radius 3 is 2.45 bits per heavy atom. The van der Waals surface area contributed by atoms with E-state index in [1.807, 2.05) is 0 Å². The van der Waals surface area contributed by atoms with Gasteiger partial charge in [0.2, 0.25) is 0 Å². The number of thioether (sulfide) groups is 1. The molecule has 0 rings (SSSR count). The van der Waals surface area contributed by atoms with Crippen molar-refractivity contribution in [1.82, 2.24) is 0 Å². The maximum absolute atomic E-state index is 10.5. The Morgan fingerprint density at radius 1 is 1.73 bits per heavy atom. The fourth-order valence-electron chi connectivity index (χ4n) is 0.320. The highest BCUT2D eigenvalue weighted by atomic mass is 35.5. The number of carbonyl (C=O) groups is 1. The van der Waals surface area contributed by atoms with Gasteiger partial charge in [-0.2, -0.15) is 0 Å². The maximum Gasteiger partial charge on any atom is 0.319 e. The number of rotatable bonds is 4. The summed E-state index contributed by atoms with van der Waals surface area (Å²) in [6.45, 7) is 6.75. The summed E-state index contributed by atoms with van der Waals surface area (Å²) in [5.74, 6) is -0.360. The maximum atomic E-state index is 10.5. The van der Waals surface area contributed by atoms with E-state index < -0.39 is 10.7 Å². The number of carboxylic acid groups (broad SMARTS) is 1. The van der Waals surface area contributed by atoms with Crippen LogP contribution in [0.5, 0.6) is 0 Å². The molecule has 0 aliphatic carbocycles. The molecule has 64 valence electrons. The molecule has 0 aromatic heterocycles. The highest BCUT2D eigenvalue weighted by Crippen LogP contribution is 2.26. The van der Waals surface area contributed by atoms with Crippen molar-refractivity contribution >= 4 is 29.3 Å². The second-order valence-corrected chi connectivity index (χ2v) is 4.75. The summed E-state index contributed by atoms with van der Waals surface area (Å²) >= 11 is 6.74. The molecule has 0 bridgehead atoms. The summed E-state index contributed by atoms with van der Waals surface area (Å²) < 4.78 is -0.780. The fourth-order valence-corrected chi connectivity index (χ4v) is 1.13. The first kappa shape index (κ1) is 10.8. The van der Waals surface area contributed by atoms with Crippen LogP contribution in [0.3, 0.4) is 0 Å². The lowest BCUT2D eigenvalue weighted by Crippen LogP contribution is -2.27. The van der Waals surface area contributed by atoms with Gasteiger partial charge in [0.25, 0.3) is 0 Å². The summed E-state index contributed by atoms with van der Waals surface area (Å²) in [4.78, 5) is 10.5. The van der Waals surface area contributed by atoms with Gasteiger partial charge in [0.15, 0.2) is 0 Å². The molecule has 1 N–H and O–H groups in total. The molecule has 0 aromatic carbocycles. The van der Waals surface area contributed by atoms with Gasteiger partial charge in [-0.1, -0.05) is 18.2 Å². The fraction of sp³-hybridized carbons (Fsp3) is 0.571. The third-order valence-corrected chi connectivity index (χ3v) is 2.79. The number of hydrogen-bond acceptors (Lipinski definition) is 2. The highest BCUT2D eigenvalue weighted by Gasteiger charge is 2.27. The Labute approximate surface area is 75.6 Å². The lowest BCUT2D eigenvalue weighted by Gasteiger charge is -2.17. The molecule has 0 atom stereocenters. The van der Waals surface area contributed by atoms with Gasteiger partial charge in [-0.15, -0.1) is 11.8 Å². The molecule has 0 spiro atoms. The molecule has 4 heteroatoms. The van der Waals surface area contributed by atoms with E-state index in [0.717, 1.165) is 0 Å². The van der Waals surface area contributed by atoms with Crippen LogP contribution >= 0.6 is 23.4 Å². The van der Waals surface area contributed by atoms with Crippen molar-refractivity contribution in [2.45, 2.75) is 18.6 Å². The van der Waals surface area contributed by atoms with E-state index in [1.165, 1.54) is 11.8 Å². The van der Waals surface area contributed by atoms with Crippen LogP contribution in [0.1, 0.15) is 13.8 Å². The lowest BCUT2D eigenvalue weighted by molar-refractivity contribution is -0.138. The standard InChI is InChI=1S/C7H11ClO2S/c1-5(8)4-11-7(2,3)6(9)10/h1,4H2,2-3H3,(H,9,10).